The first-order valence-electron chi connectivity index (χ1n) is 6.18. The van der Waals surface area contributed by atoms with Crippen molar-refractivity contribution in [3.8, 4) is 0 Å². The van der Waals surface area contributed by atoms with E-state index in [1.807, 2.05) is 43.3 Å². The van der Waals surface area contributed by atoms with E-state index in [9.17, 15) is 4.79 Å². The fraction of sp³-hybridized carbons (Fsp3) is 0.133. The van der Waals surface area contributed by atoms with Gasteiger partial charge in [0.2, 0.25) is 0 Å². The maximum absolute atomic E-state index is 12.1. The van der Waals surface area contributed by atoms with E-state index in [0.29, 0.717) is 5.02 Å². The lowest BCUT2D eigenvalue weighted by Gasteiger charge is -2.15. The molecule has 3 rings (SSSR count). The standard InChI is InChI=1S/C15H12BrClN2O/c1-8-11(17)3-2-4-12(8)18-14-10-6-5-9(16)7-13(10)19-15(14)20/h2-7,14,18H,1H3,(H,19,20). The van der Waals surface area contributed by atoms with Crippen LogP contribution in [0.25, 0.3) is 0 Å². The van der Waals surface area contributed by atoms with Gasteiger partial charge in [0.15, 0.2) is 0 Å². The zero-order valence-electron chi connectivity index (χ0n) is 10.7. The Morgan fingerprint density at radius 3 is 2.90 bits per heavy atom. The summed E-state index contributed by atoms with van der Waals surface area (Å²) >= 11 is 9.51. The lowest BCUT2D eigenvalue weighted by Crippen LogP contribution is -2.20. The van der Waals surface area contributed by atoms with Gasteiger partial charge in [-0.25, -0.2) is 0 Å². The van der Waals surface area contributed by atoms with Gasteiger partial charge in [0.1, 0.15) is 6.04 Å². The Hall–Kier alpha value is -1.52. The highest BCUT2D eigenvalue weighted by molar-refractivity contribution is 9.10. The number of rotatable bonds is 2. The van der Waals surface area contributed by atoms with Gasteiger partial charge in [-0.3, -0.25) is 4.79 Å². The third kappa shape index (κ3) is 2.30. The van der Waals surface area contributed by atoms with E-state index in [4.69, 9.17) is 11.6 Å². The number of halogens is 2. The molecule has 0 bridgehead atoms. The first-order chi connectivity index (χ1) is 9.56. The molecule has 0 saturated heterocycles. The van der Waals surface area contributed by atoms with Crippen molar-refractivity contribution in [2.75, 3.05) is 10.6 Å². The third-order valence-electron chi connectivity index (χ3n) is 3.41. The van der Waals surface area contributed by atoms with Crippen LogP contribution < -0.4 is 10.6 Å². The van der Waals surface area contributed by atoms with E-state index in [-0.39, 0.29) is 5.91 Å². The Balaban J connectivity index is 1.96. The van der Waals surface area contributed by atoms with Crippen molar-refractivity contribution in [1.29, 1.82) is 0 Å². The molecule has 0 radical (unpaired) electrons. The summed E-state index contributed by atoms with van der Waals surface area (Å²) in [5.74, 6) is -0.0579. The smallest absolute Gasteiger partial charge is 0.251 e. The molecule has 0 aromatic heterocycles. The molecule has 0 fully saturated rings. The Kier molecular flexibility index (Phi) is 3.44. The molecule has 1 aliphatic heterocycles. The molecular weight excluding hydrogens is 340 g/mol. The first-order valence-corrected chi connectivity index (χ1v) is 7.35. The number of amides is 1. The summed E-state index contributed by atoms with van der Waals surface area (Å²) in [5.41, 5.74) is 3.58. The van der Waals surface area contributed by atoms with Gasteiger partial charge in [0.05, 0.1) is 0 Å². The maximum Gasteiger partial charge on any atom is 0.251 e. The van der Waals surface area contributed by atoms with Crippen molar-refractivity contribution in [3.63, 3.8) is 0 Å². The van der Waals surface area contributed by atoms with Crippen molar-refractivity contribution in [2.24, 2.45) is 0 Å². The van der Waals surface area contributed by atoms with E-state index in [0.717, 1.165) is 27.0 Å². The van der Waals surface area contributed by atoms with Gasteiger partial charge in [0, 0.05) is 26.4 Å². The number of anilines is 2. The van der Waals surface area contributed by atoms with E-state index in [1.165, 1.54) is 0 Å². The molecule has 3 nitrogen and oxygen atoms in total. The van der Waals surface area contributed by atoms with Crippen LogP contribution in [0, 0.1) is 6.92 Å². The van der Waals surface area contributed by atoms with E-state index < -0.39 is 6.04 Å². The molecule has 102 valence electrons. The summed E-state index contributed by atoms with van der Waals surface area (Å²) in [4.78, 5) is 12.1. The van der Waals surface area contributed by atoms with Gasteiger partial charge in [-0.05, 0) is 36.8 Å². The highest BCUT2D eigenvalue weighted by Crippen LogP contribution is 2.36. The summed E-state index contributed by atoms with van der Waals surface area (Å²) in [6.07, 6.45) is 0. The lowest BCUT2D eigenvalue weighted by molar-refractivity contribution is -0.116. The molecule has 1 aliphatic rings. The Labute approximate surface area is 130 Å². The Morgan fingerprint density at radius 2 is 2.10 bits per heavy atom. The number of fused-ring (bicyclic) bond motifs is 1. The molecule has 2 aromatic carbocycles. The highest BCUT2D eigenvalue weighted by Gasteiger charge is 2.30. The third-order valence-corrected chi connectivity index (χ3v) is 4.32. The highest BCUT2D eigenvalue weighted by atomic mass is 79.9. The largest absolute Gasteiger partial charge is 0.370 e. The quantitative estimate of drug-likeness (QED) is 0.835. The number of hydrogen-bond donors (Lipinski definition) is 2. The van der Waals surface area contributed by atoms with Gasteiger partial charge < -0.3 is 10.6 Å². The Bertz CT molecular complexity index is 702. The molecule has 0 aliphatic carbocycles. The fourth-order valence-electron chi connectivity index (χ4n) is 2.30. The van der Waals surface area contributed by atoms with Gasteiger partial charge in [0.25, 0.3) is 5.91 Å². The summed E-state index contributed by atoms with van der Waals surface area (Å²) in [6.45, 7) is 1.93. The zero-order chi connectivity index (χ0) is 14.3. The minimum atomic E-state index is -0.393. The monoisotopic (exact) mass is 350 g/mol. The van der Waals surface area contributed by atoms with Crippen LogP contribution in [-0.2, 0) is 4.79 Å². The summed E-state index contributed by atoms with van der Waals surface area (Å²) < 4.78 is 0.941. The van der Waals surface area contributed by atoms with Gasteiger partial charge in [-0.15, -0.1) is 0 Å². The summed E-state index contributed by atoms with van der Waals surface area (Å²) in [7, 11) is 0. The van der Waals surface area contributed by atoms with Crippen LogP contribution in [0.3, 0.4) is 0 Å². The molecule has 0 spiro atoms. The van der Waals surface area contributed by atoms with Crippen LogP contribution in [0.4, 0.5) is 11.4 Å². The first kappa shape index (κ1) is 13.5. The average Bonchev–Trinajstić information content (AvgIpc) is 2.70. The lowest BCUT2D eigenvalue weighted by atomic mass is 10.1. The van der Waals surface area contributed by atoms with Crippen LogP contribution in [-0.4, -0.2) is 5.91 Å². The van der Waals surface area contributed by atoms with E-state index >= 15 is 0 Å². The second kappa shape index (κ2) is 5.11. The predicted molar refractivity (Wildman–Crippen MR) is 85.3 cm³/mol. The van der Waals surface area contributed by atoms with Gasteiger partial charge in [-0.1, -0.05) is 39.7 Å². The predicted octanol–water partition coefficient (Wildman–Crippen LogP) is 4.52. The van der Waals surface area contributed by atoms with Gasteiger partial charge in [-0.2, -0.15) is 0 Å². The van der Waals surface area contributed by atoms with E-state index in [1.54, 1.807) is 0 Å². The van der Waals surface area contributed by atoms with Crippen molar-refractivity contribution < 1.29 is 4.79 Å². The number of carbonyl (C=O) groups excluding carboxylic acids is 1. The van der Waals surface area contributed by atoms with E-state index in [2.05, 4.69) is 26.6 Å². The molecule has 1 heterocycles. The fourth-order valence-corrected chi connectivity index (χ4v) is 2.83. The molecule has 20 heavy (non-hydrogen) atoms. The second-order valence-electron chi connectivity index (χ2n) is 4.71. The number of nitrogens with one attached hydrogen (secondary N) is 2. The second-order valence-corrected chi connectivity index (χ2v) is 6.03. The molecule has 2 aromatic rings. The van der Waals surface area contributed by atoms with Crippen LogP contribution in [0.2, 0.25) is 5.02 Å². The van der Waals surface area contributed by atoms with Crippen molar-refractivity contribution >= 4 is 44.8 Å². The molecular formula is C15H12BrClN2O. The number of benzene rings is 2. The molecule has 5 heteroatoms. The molecule has 1 atom stereocenters. The maximum atomic E-state index is 12.1. The summed E-state index contributed by atoms with van der Waals surface area (Å²) in [6, 6.07) is 11.0. The summed E-state index contributed by atoms with van der Waals surface area (Å²) in [5, 5.41) is 6.83. The van der Waals surface area contributed by atoms with Crippen molar-refractivity contribution in [3.05, 3.63) is 57.0 Å². The topological polar surface area (TPSA) is 41.1 Å². The van der Waals surface area contributed by atoms with Crippen LogP contribution in [0.1, 0.15) is 17.2 Å². The molecule has 2 N–H and O–H groups in total. The Morgan fingerprint density at radius 1 is 1.30 bits per heavy atom. The molecule has 0 saturated carbocycles. The number of carbonyl (C=O) groups is 1. The van der Waals surface area contributed by atoms with Gasteiger partial charge >= 0.3 is 0 Å². The van der Waals surface area contributed by atoms with Crippen molar-refractivity contribution in [1.82, 2.24) is 0 Å². The number of hydrogen-bond acceptors (Lipinski definition) is 2. The van der Waals surface area contributed by atoms with Crippen molar-refractivity contribution in [2.45, 2.75) is 13.0 Å². The minimum absolute atomic E-state index is 0.0579. The van der Waals surface area contributed by atoms with Crippen LogP contribution in [0.5, 0.6) is 0 Å². The molecule has 1 unspecified atom stereocenters. The average molecular weight is 352 g/mol. The van der Waals surface area contributed by atoms with Crippen LogP contribution >= 0.6 is 27.5 Å². The SMILES string of the molecule is Cc1c(Cl)cccc1NC1C(=O)Nc2cc(Br)ccc21. The molecule has 1 amide bonds. The van der Waals surface area contributed by atoms with Crippen LogP contribution in [0.15, 0.2) is 40.9 Å². The zero-order valence-corrected chi connectivity index (χ0v) is 13.0. The minimum Gasteiger partial charge on any atom is -0.370 e. The normalized spacial score (nSPS) is 16.8.